The van der Waals surface area contributed by atoms with Gasteiger partial charge in [-0.3, -0.25) is 19.2 Å². The monoisotopic (exact) mass is 672 g/mol. The van der Waals surface area contributed by atoms with Gasteiger partial charge in [0.15, 0.2) is 0 Å². The highest BCUT2D eigenvalue weighted by Crippen LogP contribution is 2.13. The fourth-order valence-corrected chi connectivity index (χ4v) is 4.98. The van der Waals surface area contributed by atoms with Crippen molar-refractivity contribution in [2.45, 2.75) is 141 Å². The van der Waals surface area contributed by atoms with Crippen molar-refractivity contribution in [1.29, 1.82) is 0 Å². The van der Waals surface area contributed by atoms with Crippen molar-refractivity contribution in [3.63, 3.8) is 0 Å². The van der Waals surface area contributed by atoms with Gasteiger partial charge >= 0.3 is 11.9 Å². The average Bonchev–Trinajstić information content (AvgIpc) is 3.04. The van der Waals surface area contributed by atoms with Crippen LogP contribution in [0, 0.1) is 0 Å². The van der Waals surface area contributed by atoms with E-state index >= 15 is 0 Å². The molecule has 0 radical (unpaired) electrons. The number of carbonyl (C=O) groups is 5. The number of nitrogens with one attached hydrogen (secondary N) is 4. The Kier molecular flexibility index (Phi) is 29.9. The van der Waals surface area contributed by atoms with Crippen molar-refractivity contribution >= 4 is 29.7 Å². The van der Waals surface area contributed by atoms with Gasteiger partial charge in [0.25, 0.3) is 0 Å². The number of hydrogen-bond acceptors (Lipinski definition) is 8. The molecule has 0 spiro atoms. The van der Waals surface area contributed by atoms with Gasteiger partial charge in [0, 0.05) is 25.9 Å². The maximum Gasteiger partial charge on any atom is 0.326 e. The molecule has 0 aliphatic carbocycles. The van der Waals surface area contributed by atoms with Crippen molar-refractivity contribution in [3.05, 3.63) is 0 Å². The minimum Gasteiger partial charge on any atom is -0.480 e. The van der Waals surface area contributed by atoms with Crippen molar-refractivity contribution in [2.24, 2.45) is 0 Å². The first-order valence-corrected chi connectivity index (χ1v) is 17.8. The normalized spacial score (nSPS) is 12.3. The molecule has 13 heteroatoms. The third-order valence-electron chi connectivity index (χ3n) is 7.86. The minimum absolute atomic E-state index is 0.00106. The Morgan fingerprint density at radius 3 is 1.68 bits per heavy atom. The second-order valence-electron chi connectivity index (χ2n) is 12.0. The van der Waals surface area contributed by atoms with Gasteiger partial charge < -0.3 is 41.0 Å². The van der Waals surface area contributed by atoms with E-state index < -0.39 is 24.0 Å². The molecule has 0 aromatic carbocycles. The Hall–Kier alpha value is -2.77. The number of hydrogen-bond donors (Lipinski definition) is 6. The van der Waals surface area contributed by atoms with E-state index in [1.54, 1.807) is 7.05 Å². The molecular weight excluding hydrogens is 608 g/mol. The zero-order valence-electron chi connectivity index (χ0n) is 29.1. The van der Waals surface area contributed by atoms with E-state index in [2.05, 4.69) is 28.2 Å². The van der Waals surface area contributed by atoms with Gasteiger partial charge in [0.2, 0.25) is 17.7 Å². The molecule has 0 rings (SSSR count). The van der Waals surface area contributed by atoms with E-state index in [0.29, 0.717) is 25.8 Å². The standard InChI is InChI=1S/C34H64N4O9/c1-3-4-5-6-7-8-9-10-11-12-13-14-15-19-31(40)38-29(34(44)45)20-21-30(39)37-23-24-46-25-26-47-27-32(41)36-22-17-16-18-28(35-2)33(42)43/h28-29,35H,3-27H2,1-2H3,(H,36,41)(H,37,39)(H,38,40)(H,42,43)(H,44,45)/t28-,29-/m0/s1. The molecule has 0 saturated heterocycles. The number of likely N-dealkylation sites (N-methyl/N-ethyl adjacent to an activating group) is 1. The van der Waals surface area contributed by atoms with E-state index in [1.165, 1.54) is 64.2 Å². The summed E-state index contributed by atoms with van der Waals surface area (Å²) in [5, 5.41) is 29.1. The minimum atomic E-state index is -1.16. The van der Waals surface area contributed by atoms with Crippen LogP contribution in [0.5, 0.6) is 0 Å². The first-order chi connectivity index (χ1) is 22.7. The Morgan fingerprint density at radius 1 is 0.553 bits per heavy atom. The van der Waals surface area contributed by atoms with Crippen molar-refractivity contribution in [2.75, 3.05) is 46.6 Å². The number of rotatable bonds is 34. The lowest BCUT2D eigenvalue weighted by atomic mass is 10.0. The van der Waals surface area contributed by atoms with Crippen LogP contribution in [0.4, 0.5) is 0 Å². The highest BCUT2D eigenvalue weighted by atomic mass is 16.5. The molecule has 0 unspecified atom stereocenters. The first-order valence-electron chi connectivity index (χ1n) is 17.8. The van der Waals surface area contributed by atoms with Crippen LogP contribution in [0.25, 0.3) is 0 Å². The van der Waals surface area contributed by atoms with Crippen LogP contribution in [0.1, 0.15) is 129 Å². The van der Waals surface area contributed by atoms with Crippen molar-refractivity contribution < 1.29 is 43.7 Å². The fraction of sp³-hybridized carbons (Fsp3) is 0.853. The van der Waals surface area contributed by atoms with E-state index in [9.17, 15) is 29.1 Å². The number of carboxylic acids is 2. The van der Waals surface area contributed by atoms with Crippen molar-refractivity contribution in [3.8, 4) is 0 Å². The molecule has 6 N–H and O–H groups in total. The molecule has 274 valence electrons. The lowest BCUT2D eigenvalue weighted by Gasteiger charge is -2.14. The quantitative estimate of drug-likeness (QED) is 0.0546. The Morgan fingerprint density at radius 2 is 1.11 bits per heavy atom. The summed E-state index contributed by atoms with van der Waals surface area (Å²) in [5.74, 6) is -2.95. The largest absolute Gasteiger partial charge is 0.480 e. The SMILES string of the molecule is CCCCCCCCCCCCCCCC(=O)N[C@@H](CCC(=O)NCCOCCOCC(=O)NCCCC[C@H](NC)C(=O)O)C(=O)O. The molecular formula is C34H64N4O9. The van der Waals surface area contributed by atoms with E-state index in [4.69, 9.17) is 14.6 Å². The highest BCUT2D eigenvalue weighted by Gasteiger charge is 2.20. The van der Waals surface area contributed by atoms with Crippen LogP contribution in [-0.2, 0) is 33.4 Å². The van der Waals surface area contributed by atoms with Crippen LogP contribution in [0.2, 0.25) is 0 Å². The van der Waals surface area contributed by atoms with Crippen LogP contribution in [0.15, 0.2) is 0 Å². The van der Waals surface area contributed by atoms with E-state index in [0.717, 1.165) is 19.3 Å². The first kappa shape index (κ1) is 44.2. The molecule has 0 aromatic heterocycles. The molecule has 2 atom stereocenters. The molecule has 0 bridgehead atoms. The maximum absolute atomic E-state index is 12.2. The predicted octanol–water partition coefficient (Wildman–Crippen LogP) is 3.93. The van der Waals surface area contributed by atoms with Crippen LogP contribution < -0.4 is 21.3 Å². The molecule has 13 nitrogen and oxygen atoms in total. The van der Waals surface area contributed by atoms with Crippen LogP contribution in [-0.4, -0.2) is 98.5 Å². The van der Waals surface area contributed by atoms with Gasteiger partial charge in [-0.05, 0) is 39.2 Å². The number of carbonyl (C=O) groups excluding carboxylic acids is 3. The van der Waals surface area contributed by atoms with Crippen molar-refractivity contribution in [1.82, 2.24) is 21.3 Å². The highest BCUT2D eigenvalue weighted by molar-refractivity contribution is 5.84. The summed E-state index contributed by atoms with van der Waals surface area (Å²) in [6, 6.07) is -1.70. The number of ether oxygens (including phenoxy) is 2. The lowest BCUT2D eigenvalue weighted by Crippen LogP contribution is -2.41. The molecule has 0 saturated carbocycles. The lowest BCUT2D eigenvalue weighted by molar-refractivity contribution is -0.142. The molecule has 0 aliphatic heterocycles. The van der Waals surface area contributed by atoms with Gasteiger partial charge in [-0.15, -0.1) is 0 Å². The zero-order chi connectivity index (χ0) is 35.0. The second-order valence-corrected chi connectivity index (χ2v) is 12.0. The smallest absolute Gasteiger partial charge is 0.326 e. The van der Waals surface area contributed by atoms with Gasteiger partial charge in [0.05, 0.1) is 19.8 Å². The molecule has 3 amide bonds. The third-order valence-corrected chi connectivity index (χ3v) is 7.86. The zero-order valence-corrected chi connectivity index (χ0v) is 29.1. The number of carboxylic acid groups (broad SMARTS) is 2. The number of amides is 3. The summed E-state index contributed by atoms with van der Waals surface area (Å²) in [5.41, 5.74) is 0. The summed E-state index contributed by atoms with van der Waals surface area (Å²) in [6.45, 7) is 3.45. The Labute approximate surface area is 282 Å². The molecule has 0 fully saturated rings. The summed E-state index contributed by atoms with van der Waals surface area (Å²) < 4.78 is 10.6. The molecule has 47 heavy (non-hydrogen) atoms. The summed E-state index contributed by atoms with van der Waals surface area (Å²) in [7, 11) is 1.60. The van der Waals surface area contributed by atoms with Crippen LogP contribution in [0.3, 0.4) is 0 Å². The van der Waals surface area contributed by atoms with Gasteiger partial charge in [-0.2, -0.15) is 0 Å². The topological polar surface area (TPSA) is 192 Å². The molecule has 0 heterocycles. The van der Waals surface area contributed by atoms with Gasteiger partial charge in [-0.25, -0.2) is 4.79 Å². The predicted molar refractivity (Wildman–Crippen MR) is 181 cm³/mol. The summed E-state index contributed by atoms with van der Waals surface area (Å²) in [4.78, 5) is 58.6. The number of aliphatic carboxylic acids is 2. The van der Waals surface area contributed by atoms with Gasteiger partial charge in [-0.1, -0.05) is 84.0 Å². The van der Waals surface area contributed by atoms with E-state index in [-0.39, 0.29) is 70.0 Å². The van der Waals surface area contributed by atoms with Gasteiger partial charge in [0.1, 0.15) is 18.7 Å². The Balaban J connectivity index is 3.74. The molecule has 0 aliphatic rings. The average molecular weight is 673 g/mol. The summed E-state index contributed by atoms with van der Waals surface area (Å²) in [6.07, 6.45) is 17.8. The molecule has 0 aromatic rings. The summed E-state index contributed by atoms with van der Waals surface area (Å²) >= 11 is 0. The van der Waals surface area contributed by atoms with Crippen LogP contribution >= 0.6 is 0 Å². The fourth-order valence-electron chi connectivity index (χ4n) is 4.98. The van der Waals surface area contributed by atoms with E-state index in [1.807, 2.05) is 0 Å². The Bertz CT molecular complexity index is 844. The third kappa shape index (κ3) is 29.1. The maximum atomic E-state index is 12.2. The second kappa shape index (κ2) is 31.8. The number of unbranched alkanes of at least 4 members (excludes halogenated alkanes) is 13.